The van der Waals surface area contributed by atoms with Crippen LogP contribution in [0.4, 0.5) is 0 Å². The van der Waals surface area contributed by atoms with Crippen molar-refractivity contribution in [3.05, 3.63) is 12.2 Å². The van der Waals surface area contributed by atoms with Crippen molar-refractivity contribution >= 4 is 0 Å². The van der Waals surface area contributed by atoms with Crippen LogP contribution in [0.3, 0.4) is 0 Å². The molecule has 18 heavy (non-hydrogen) atoms. The molecule has 0 heterocycles. The van der Waals surface area contributed by atoms with E-state index in [1.807, 2.05) is 0 Å². The third kappa shape index (κ3) is 15.7. The zero-order chi connectivity index (χ0) is 13.3. The average Bonchev–Trinajstić information content (AvgIpc) is 2.39. The Morgan fingerprint density at radius 2 is 1.17 bits per heavy atom. The summed E-state index contributed by atoms with van der Waals surface area (Å²) in [5, 5.41) is 0. The molecule has 0 aliphatic carbocycles. The molecule has 0 aliphatic heterocycles. The zero-order valence-corrected chi connectivity index (χ0v) is 12.8. The van der Waals surface area contributed by atoms with Crippen LogP contribution in [0.1, 0.15) is 84.0 Å². The highest BCUT2D eigenvalue weighted by Crippen LogP contribution is 2.11. The first-order chi connectivity index (χ1) is 8.91. The highest BCUT2D eigenvalue weighted by Gasteiger charge is 1.92. The molecular formula is C17H34O. The second-order valence-corrected chi connectivity index (χ2v) is 5.25. The number of allylic oxidation sites excluding steroid dienone is 1. The topological polar surface area (TPSA) is 9.23 Å². The molecule has 0 saturated carbocycles. The molecule has 0 atom stereocenters. The Bertz CT molecular complexity index is 163. The van der Waals surface area contributed by atoms with Crippen LogP contribution in [0.25, 0.3) is 0 Å². The molecule has 108 valence electrons. The van der Waals surface area contributed by atoms with Crippen LogP contribution >= 0.6 is 0 Å². The lowest BCUT2D eigenvalue weighted by atomic mass is 10.1. The van der Waals surface area contributed by atoms with Gasteiger partial charge in [0, 0.05) is 7.11 Å². The van der Waals surface area contributed by atoms with Gasteiger partial charge >= 0.3 is 0 Å². The first-order valence-corrected chi connectivity index (χ1v) is 8.05. The number of unbranched alkanes of at least 4 members (excludes halogenated alkanes) is 11. The van der Waals surface area contributed by atoms with Crippen LogP contribution in [0, 0.1) is 0 Å². The van der Waals surface area contributed by atoms with Crippen LogP contribution < -0.4 is 0 Å². The van der Waals surface area contributed by atoms with E-state index in [0.29, 0.717) is 0 Å². The molecule has 0 aliphatic rings. The van der Waals surface area contributed by atoms with Crippen molar-refractivity contribution in [3.8, 4) is 0 Å². The minimum atomic E-state index is 0.762. The summed E-state index contributed by atoms with van der Waals surface area (Å²) in [5.41, 5.74) is 0. The summed E-state index contributed by atoms with van der Waals surface area (Å²) in [6, 6.07) is 0. The van der Waals surface area contributed by atoms with E-state index >= 15 is 0 Å². The van der Waals surface area contributed by atoms with Gasteiger partial charge in [-0.1, -0.05) is 83.3 Å². The van der Waals surface area contributed by atoms with E-state index < -0.39 is 0 Å². The lowest BCUT2D eigenvalue weighted by Crippen LogP contribution is -1.82. The summed E-state index contributed by atoms with van der Waals surface area (Å²) in [4.78, 5) is 0. The molecule has 0 bridgehead atoms. The monoisotopic (exact) mass is 254 g/mol. The van der Waals surface area contributed by atoms with Crippen LogP contribution in [-0.2, 0) is 4.74 Å². The van der Waals surface area contributed by atoms with Gasteiger partial charge in [-0.3, -0.25) is 0 Å². The molecular weight excluding hydrogens is 220 g/mol. The van der Waals surface area contributed by atoms with Gasteiger partial charge in [0.05, 0.1) is 6.61 Å². The molecule has 0 aromatic carbocycles. The van der Waals surface area contributed by atoms with Crippen molar-refractivity contribution in [1.29, 1.82) is 0 Å². The molecule has 1 heteroatoms. The van der Waals surface area contributed by atoms with Crippen LogP contribution in [-0.4, -0.2) is 13.7 Å². The SMILES string of the molecule is CCCCCCCCCCCCCC=CCOC. The van der Waals surface area contributed by atoms with E-state index in [-0.39, 0.29) is 0 Å². The Balaban J connectivity index is 2.94. The van der Waals surface area contributed by atoms with Crippen LogP contribution in [0.2, 0.25) is 0 Å². The maximum Gasteiger partial charge on any atom is 0.0643 e. The molecule has 0 amide bonds. The zero-order valence-electron chi connectivity index (χ0n) is 12.8. The minimum Gasteiger partial charge on any atom is -0.381 e. The van der Waals surface area contributed by atoms with Crippen molar-refractivity contribution < 1.29 is 4.74 Å². The number of ether oxygens (including phenoxy) is 1. The first kappa shape index (κ1) is 17.7. The average molecular weight is 254 g/mol. The number of methoxy groups -OCH3 is 1. The fourth-order valence-electron chi connectivity index (χ4n) is 2.21. The standard InChI is InChI=1S/C17H34O/c1-3-4-5-6-7-8-9-10-11-12-13-14-15-16-17-18-2/h15-16H,3-14,17H2,1-2H3. The van der Waals surface area contributed by atoms with Crippen LogP contribution in [0.15, 0.2) is 12.2 Å². The van der Waals surface area contributed by atoms with Gasteiger partial charge < -0.3 is 4.74 Å². The third-order valence-electron chi connectivity index (χ3n) is 3.40. The van der Waals surface area contributed by atoms with Gasteiger partial charge in [0.2, 0.25) is 0 Å². The van der Waals surface area contributed by atoms with Crippen molar-refractivity contribution in [2.24, 2.45) is 0 Å². The summed E-state index contributed by atoms with van der Waals surface area (Å²) in [6.45, 7) is 3.04. The highest BCUT2D eigenvalue weighted by atomic mass is 16.5. The van der Waals surface area contributed by atoms with Crippen molar-refractivity contribution in [2.45, 2.75) is 84.0 Å². The van der Waals surface area contributed by atoms with Gasteiger partial charge in [-0.2, -0.15) is 0 Å². The molecule has 1 nitrogen and oxygen atoms in total. The minimum absolute atomic E-state index is 0.762. The molecule has 0 radical (unpaired) electrons. The quantitative estimate of drug-likeness (QED) is 0.277. The maximum absolute atomic E-state index is 4.96. The Morgan fingerprint density at radius 1 is 0.667 bits per heavy atom. The fourth-order valence-corrected chi connectivity index (χ4v) is 2.21. The second-order valence-electron chi connectivity index (χ2n) is 5.25. The summed E-state index contributed by atoms with van der Waals surface area (Å²) in [6.07, 6.45) is 21.3. The predicted molar refractivity (Wildman–Crippen MR) is 82.1 cm³/mol. The van der Waals surface area contributed by atoms with E-state index in [2.05, 4.69) is 19.1 Å². The summed E-state index contributed by atoms with van der Waals surface area (Å²) in [7, 11) is 1.74. The normalized spacial score (nSPS) is 11.4. The van der Waals surface area contributed by atoms with E-state index in [0.717, 1.165) is 6.61 Å². The molecule has 0 spiro atoms. The predicted octanol–water partition coefficient (Wildman–Crippen LogP) is 5.89. The number of hydrogen-bond acceptors (Lipinski definition) is 1. The Morgan fingerprint density at radius 3 is 1.67 bits per heavy atom. The summed E-state index contributed by atoms with van der Waals surface area (Å²) < 4.78 is 4.96. The second kappa shape index (κ2) is 16.7. The molecule has 0 rings (SSSR count). The van der Waals surface area contributed by atoms with E-state index in [1.54, 1.807) is 7.11 Å². The van der Waals surface area contributed by atoms with Gasteiger partial charge in [0.15, 0.2) is 0 Å². The Labute approximate surface area is 115 Å². The number of hydrogen-bond donors (Lipinski definition) is 0. The first-order valence-electron chi connectivity index (χ1n) is 8.05. The molecule has 0 saturated heterocycles. The van der Waals surface area contributed by atoms with Crippen molar-refractivity contribution in [2.75, 3.05) is 13.7 Å². The van der Waals surface area contributed by atoms with Crippen molar-refractivity contribution in [1.82, 2.24) is 0 Å². The lowest BCUT2D eigenvalue weighted by Gasteiger charge is -2.01. The summed E-state index contributed by atoms with van der Waals surface area (Å²) in [5.74, 6) is 0. The fraction of sp³-hybridized carbons (Fsp3) is 0.882. The van der Waals surface area contributed by atoms with Gasteiger partial charge in [-0.05, 0) is 12.8 Å². The van der Waals surface area contributed by atoms with E-state index in [9.17, 15) is 0 Å². The Kier molecular flexibility index (Phi) is 16.4. The number of rotatable bonds is 14. The molecule has 0 aromatic rings. The van der Waals surface area contributed by atoms with Crippen molar-refractivity contribution in [3.63, 3.8) is 0 Å². The molecule has 0 unspecified atom stereocenters. The van der Waals surface area contributed by atoms with Gasteiger partial charge in [0.1, 0.15) is 0 Å². The highest BCUT2D eigenvalue weighted by molar-refractivity contribution is 4.80. The smallest absolute Gasteiger partial charge is 0.0643 e. The lowest BCUT2D eigenvalue weighted by molar-refractivity contribution is 0.233. The van der Waals surface area contributed by atoms with Gasteiger partial charge in [0.25, 0.3) is 0 Å². The Hall–Kier alpha value is -0.300. The van der Waals surface area contributed by atoms with E-state index in [4.69, 9.17) is 4.74 Å². The van der Waals surface area contributed by atoms with Gasteiger partial charge in [-0.25, -0.2) is 0 Å². The third-order valence-corrected chi connectivity index (χ3v) is 3.40. The molecule has 0 fully saturated rings. The molecule has 0 aromatic heterocycles. The summed E-state index contributed by atoms with van der Waals surface area (Å²) >= 11 is 0. The largest absolute Gasteiger partial charge is 0.381 e. The van der Waals surface area contributed by atoms with E-state index in [1.165, 1.54) is 77.0 Å². The van der Waals surface area contributed by atoms with Gasteiger partial charge in [-0.15, -0.1) is 0 Å². The molecule has 0 N–H and O–H groups in total. The maximum atomic E-state index is 4.96. The van der Waals surface area contributed by atoms with Crippen LogP contribution in [0.5, 0.6) is 0 Å².